The predicted molar refractivity (Wildman–Crippen MR) is 54.6 cm³/mol. The van der Waals surface area contributed by atoms with E-state index in [1.165, 1.54) is 7.11 Å². The lowest BCUT2D eigenvalue weighted by Crippen LogP contribution is -2.13. The van der Waals surface area contributed by atoms with E-state index in [1.807, 2.05) is 0 Å². The maximum atomic E-state index is 11.0. The number of rotatable bonds is 3. The molecule has 1 atom stereocenters. The van der Waals surface area contributed by atoms with Crippen LogP contribution in [0.15, 0.2) is 12.3 Å². The minimum absolute atomic E-state index is 0.386. The molecule has 2 rings (SSSR count). The number of amides is 1. The van der Waals surface area contributed by atoms with Gasteiger partial charge in [0.2, 0.25) is 5.88 Å². The zero-order valence-electron chi connectivity index (χ0n) is 9.02. The Bertz CT molecular complexity index is 386. The van der Waals surface area contributed by atoms with Gasteiger partial charge in [0.1, 0.15) is 5.75 Å². The molecule has 6 nitrogen and oxygen atoms in total. The average molecular weight is 224 g/mol. The molecule has 0 aliphatic carbocycles. The summed E-state index contributed by atoms with van der Waals surface area (Å²) >= 11 is 0. The molecule has 1 aromatic heterocycles. The van der Waals surface area contributed by atoms with E-state index in [0.717, 1.165) is 0 Å². The van der Waals surface area contributed by atoms with E-state index < -0.39 is 12.2 Å². The van der Waals surface area contributed by atoms with Crippen molar-refractivity contribution < 1.29 is 19.0 Å². The molecule has 1 unspecified atom stereocenters. The quantitative estimate of drug-likeness (QED) is 0.825. The number of alkyl carbamates (subject to hydrolysis) is 1. The largest absolute Gasteiger partial charge is 0.496 e. The van der Waals surface area contributed by atoms with Crippen LogP contribution in [0.25, 0.3) is 0 Å². The minimum atomic E-state index is -0.446. The van der Waals surface area contributed by atoms with Crippen molar-refractivity contribution in [3.8, 4) is 11.6 Å². The van der Waals surface area contributed by atoms with Crippen LogP contribution in [0, 0.1) is 0 Å². The standard InChI is InChI=1S/C10H12N2O4/c1-14-6-3-4-11-9(15-2)8(6)7-5-12-10(13)16-7/h3-4,7H,5H2,1-2H3,(H,12,13). The van der Waals surface area contributed by atoms with Crippen LogP contribution in [0.5, 0.6) is 11.6 Å². The molecule has 6 heteroatoms. The normalized spacial score (nSPS) is 18.9. The lowest BCUT2D eigenvalue weighted by molar-refractivity contribution is 0.137. The van der Waals surface area contributed by atoms with Crippen molar-refractivity contribution in [3.63, 3.8) is 0 Å². The van der Waals surface area contributed by atoms with Crippen LogP contribution in [0.4, 0.5) is 4.79 Å². The summed E-state index contributed by atoms with van der Waals surface area (Å²) in [5.41, 5.74) is 0.644. The summed E-state index contributed by atoms with van der Waals surface area (Å²) in [4.78, 5) is 15.0. The summed E-state index contributed by atoms with van der Waals surface area (Å²) in [6, 6.07) is 1.70. The second kappa shape index (κ2) is 4.26. The Balaban J connectivity index is 2.40. The summed E-state index contributed by atoms with van der Waals surface area (Å²) in [5, 5.41) is 2.57. The predicted octanol–water partition coefficient (Wildman–Crippen LogP) is 0.880. The molecule has 1 aliphatic rings. The summed E-state index contributed by atoms with van der Waals surface area (Å²) in [7, 11) is 3.05. The van der Waals surface area contributed by atoms with Gasteiger partial charge in [0, 0.05) is 6.20 Å². The van der Waals surface area contributed by atoms with Gasteiger partial charge < -0.3 is 19.5 Å². The van der Waals surface area contributed by atoms with Crippen LogP contribution in [0.1, 0.15) is 11.7 Å². The third-order valence-corrected chi connectivity index (χ3v) is 2.33. The highest BCUT2D eigenvalue weighted by Gasteiger charge is 2.30. The number of cyclic esters (lactones) is 1. The van der Waals surface area contributed by atoms with E-state index in [1.54, 1.807) is 19.4 Å². The van der Waals surface area contributed by atoms with Crippen LogP contribution < -0.4 is 14.8 Å². The van der Waals surface area contributed by atoms with E-state index in [4.69, 9.17) is 14.2 Å². The van der Waals surface area contributed by atoms with E-state index in [2.05, 4.69) is 10.3 Å². The number of hydrogen-bond acceptors (Lipinski definition) is 5. The Morgan fingerprint density at radius 2 is 2.31 bits per heavy atom. The molecule has 0 bridgehead atoms. The first-order chi connectivity index (χ1) is 7.76. The second-order valence-electron chi connectivity index (χ2n) is 3.21. The topological polar surface area (TPSA) is 69.7 Å². The molecule has 1 amide bonds. The molecule has 1 N–H and O–H groups in total. The van der Waals surface area contributed by atoms with Gasteiger partial charge in [-0.15, -0.1) is 0 Å². The number of nitrogens with one attached hydrogen (secondary N) is 1. The molecular formula is C10H12N2O4. The molecule has 0 aromatic carbocycles. The highest BCUT2D eigenvalue weighted by molar-refractivity contribution is 5.70. The summed E-state index contributed by atoms with van der Waals surface area (Å²) < 4.78 is 15.4. The fourth-order valence-electron chi connectivity index (χ4n) is 1.62. The third kappa shape index (κ3) is 1.73. The molecular weight excluding hydrogens is 212 g/mol. The van der Waals surface area contributed by atoms with E-state index in [-0.39, 0.29) is 0 Å². The number of carbonyl (C=O) groups is 1. The smallest absolute Gasteiger partial charge is 0.407 e. The van der Waals surface area contributed by atoms with Crippen molar-refractivity contribution in [1.82, 2.24) is 10.3 Å². The summed E-state index contributed by atoms with van der Waals surface area (Å²) in [5.74, 6) is 0.995. The molecule has 2 heterocycles. The highest BCUT2D eigenvalue weighted by Crippen LogP contribution is 2.35. The molecule has 0 radical (unpaired) electrons. The van der Waals surface area contributed by atoms with Crippen LogP contribution in [-0.4, -0.2) is 31.8 Å². The molecule has 1 saturated heterocycles. The fourth-order valence-corrected chi connectivity index (χ4v) is 1.62. The monoisotopic (exact) mass is 224 g/mol. The maximum Gasteiger partial charge on any atom is 0.407 e. The number of hydrogen-bond donors (Lipinski definition) is 1. The van der Waals surface area contributed by atoms with E-state index in [0.29, 0.717) is 23.7 Å². The first-order valence-electron chi connectivity index (χ1n) is 4.77. The minimum Gasteiger partial charge on any atom is -0.496 e. The number of pyridine rings is 1. The van der Waals surface area contributed by atoms with Gasteiger partial charge in [0.15, 0.2) is 6.10 Å². The second-order valence-corrected chi connectivity index (χ2v) is 3.21. The molecule has 0 saturated carbocycles. The number of carbonyl (C=O) groups excluding carboxylic acids is 1. The Morgan fingerprint density at radius 3 is 2.88 bits per heavy atom. The molecule has 86 valence electrons. The zero-order chi connectivity index (χ0) is 11.5. The highest BCUT2D eigenvalue weighted by atomic mass is 16.6. The van der Waals surface area contributed by atoms with Gasteiger partial charge in [-0.25, -0.2) is 9.78 Å². The maximum absolute atomic E-state index is 11.0. The van der Waals surface area contributed by atoms with Crippen LogP contribution >= 0.6 is 0 Å². The first kappa shape index (κ1) is 10.5. The molecule has 1 fully saturated rings. The van der Waals surface area contributed by atoms with Crippen LogP contribution in [0.2, 0.25) is 0 Å². The van der Waals surface area contributed by atoms with Crippen molar-refractivity contribution in [2.45, 2.75) is 6.10 Å². The van der Waals surface area contributed by atoms with Crippen molar-refractivity contribution in [3.05, 3.63) is 17.8 Å². The number of aromatic nitrogens is 1. The Labute approximate surface area is 92.5 Å². The van der Waals surface area contributed by atoms with Gasteiger partial charge in [0.25, 0.3) is 0 Å². The van der Waals surface area contributed by atoms with Crippen molar-refractivity contribution in [2.24, 2.45) is 0 Å². The third-order valence-electron chi connectivity index (χ3n) is 2.33. The van der Waals surface area contributed by atoms with Crippen molar-refractivity contribution in [2.75, 3.05) is 20.8 Å². The Hall–Kier alpha value is -1.98. The van der Waals surface area contributed by atoms with Crippen LogP contribution in [0.3, 0.4) is 0 Å². The Kier molecular flexibility index (Phi) is 2.80. The lowest BCUT2D eigenvalue weighted by Gasteiger charge is -2.15. The lowest BCUT2D eigenvalue weighted by atomic mass is 10.1. The van der Waals surface area contributed by atoms with Gasteiger partial charge in [-0.05, 0) is 6.07 Å². The number of nitrogens with zero attached hydrogens (tertiary/aromatic N) is 1. The molecule has 16 heavy (non-hydrogen) atoms. The van der Waals surface area contributed by atoms with Gasteiger partial charge in [0.05, 0.1) is 26.3 Å². The van der Waals surface area contributed by atoms with Gasteiger partial charge in [-0.1, -0.05) is 0 Å². The van der Waals surface area contributed by atoms with Crippen molar-refractivity contribution in [1.29, 1.82) is 0 Å². The average Bonchev–Trinajstić information content (AvgIpc) is 2.74. The van der Waals surface area contributed by atoms with Crippen LogP contribution in [-0.2, 0) is 4.74 Å². The van der Waals surface area contributed by atoms with Crippen molar-refractivity contribution >= 4 is 6.09 Å². The van der Waals surface area contributed by atoms with Gasteiger partial charge in [-0.2, -0.15) is 0 Å². The van der Waals surface area contributed by atoms with E-state index >= 15 is 0 Å². The van der Waals surface area contributed by atoms with Gasteiger partial charge >= 0.3 is 6.09 Å². The van der Waals surface area contributed by atoms with E-state index in [9.17, 15) is 4.79 Å². The summed E-state index contributed by atoms with van der Waals surface area (Å²) in [6.45, 7) is 0.386. The molecule has 0 spiro atoms. The summed E-state index contributed by atoms with van der Waals surface area (Å²) in [6.07, 6.45) is 0.704. The SMILES string of the molecule is COc1ccnc(OC)c1C1CNC(=O)O1. The Morgan fingerprint density at radius 1 is 1.50 bits per heavy atom. The molecule has 1 aromatic rings. The van der Waals surface area contributed by atoms with Gasteiger partial charge in [-0.3, -0.25) is 0 Å². The first-order valence-corrected chi connectivity index (χ1v) is 4.77. The molecule has 1 aliphatic heterocycles. The zero-order valence-corrected chi connectivity index (χ0v) is 9.02. The number of ether oxygens (including phenoxy) is 3. The fraction of sp³-hybridized carbons (Fsp3) is 0.400. The number of methoxy groups -OCH3 is 2.